The van der Waals surface area contributed by atoms with Crippen molar-refractivity contribution in [1.29, 1.82) is 0 Å². The molecule has 1 spiro atoms. The minimum Gasteiger partial charge on any atom is -0.481 e. The number of hydrogen-bond acceptors (Lipinski definition) is 5. The summed E-state index contributed by atoms with van der Waals surface area (Å²) in [6.07, 6.45) is -10.8. The summed E-state index contributed by atoms with van der Waals surface area (Å²) in [7, 11) is 0. The highest BCUT2D eigenvalue weighted by molar-refractivity contribution is 5.72. The van der Waals surface area contributed by atoms with Gasteiger partial charge in [-0.1, -0.05) is 6.07 Å². The fourth-order valence-corrected chi connectivity index (χ4v) is 5.38. The average molecular weight is 538 g/mol. The van der Waals surface area contributed by atoms with Crippen molar-refractivity contribution >= 4 is 17.7 Å². The number of amides is 1. The summed E-state index contributed by atoms with van der Waals surface area (Å²) in [5.41, 5.74) is 0.164. The molecule has 0 aromatic heterocycles. The highest BCUT2D eigenvalue weighted by Gasteiger charge is 2.47. The quantitative estimate of drug-likeness (QED) is 0.554. The van der Waals surface area contributed by atoms with E-state index in [1.54, 1.807) is 4.90 Å². The summed E-state index contributed by atoms with van der Waals surface area (Å²) < 4.78 is 82.6. The molecule has 206 valence electrons. The molecule has 3 aliphatic heterocycles. The van der Waals surface area contributed by atoms with Crippen molar-refractivity contribution in [3.63, 3.8) is 0 Å². The summed E-state index contributed by atoms with van der Waals surface area (Å²) in [6, 6.07) is 3.56. The van der Waals surface area contributed by atoms with Gasteiger partial charge in [-0.25, -0.2) is 4.79 Å². The number of ether oxygens (including phenoxy) is 1. The van der Waals surface area contributed by atoms with E-state index >= 15 is 0 Å². The van der Waals surface area contributed by atoms with Gasteiger partial charge in [0.05, 0.1) is 11.5 Å². The van der Waals surface area contributed by atoms with Gasteiger partial charge in [0.25, 0.3) is 0 Å². The molecule has 3 aliphatic rings. The number of rotatable bonds is 5. The van der Waals surface area contributed by atoms with Crippen molar-refractivity contribution in [3.05, 3.63) is 29.3 Å². The van der Waals surface area contributed by atoms with Crippen LogP contribution >= 0.6 is 0 Å². The number of benzene rings is 1. The summed E-state index contributed by atoms with van der Waals surface area (Å²) in [5, 5.41) is 9.30. The molecule has 3 heterocycles. The highest BCUT2D eigenvalue weighted by Crippen LogP contribution is 2.43. The zero-order valence-corrected chi connectivity index (χ0v) is 20.2. The highest BCUT2D eigenvalue weighted by atomic mass is 19.4. The second-order valence-corrected chi connectivity index (χ2v) is 10.3. The third-order valence-corrected chi connectivity index (χ3v) is 7.62. The molecule has 3 fully saturated rings. The van der Waals surface area contributed by atoms with Crippen LogP contribution in [-0.4, -0.2) is 78.5 Å². The summed E-state index contributed by atoms with van der Waals surface area (Å²) in [5.74, 6) is -1.60. The van der Waals surface area contributed by atoms with E-state index < -0.39 is 42.0 Å². The number of alkyl halides is 6. The Morgan fingerprint density at radius 2 is 1.76 bits per heavy atom. The van der Waals surface area contributed by atoms with E-state index in [-0.39, 0.29) is 25.0 Å². The number of hydrogen-bond donors (Lipinski definition) is 1. The molecule has 4 rings (SSSR count). The van der Waals surface area contributed by atoms with Gasteiger partial charge in [0.1, 0.15) is 0 Å². The lowest BCUT2D eigenvalue weighted by molar-refractivity contribution is -0.200. The number of carbonyl (C=O) groups is 2. The molecule has 3 saturated heterocycles. The molecule has 0 bridgehead atoms. The number of carboxylic acid groups (broad SMARTS) is 1. The van der Waals surface area contributed by atoms with Crippen LogP contribution in [0.5, 0.6) is 0 Å². The first kappa shape index (κ1) is 27.3. The molecule has 7 nitrogen and oxygen atoms in total. The SMILES string of the molecule is CC(OC(=O)N1CCC2(CC1)CN(Cc1ccc(C(F)(F)F)cc1N1CCC(C(=O)O)C1)C2)C(F)(F)F. The Hall–Kier alpha value is -2.70. The van der Waals surface area contributed by atoms with E-state index in [1.165, 1.54) is 11.0 Å². The molecule has 1 aromatic carbocycles. The molecule has 1 aromatic rings. The summed E-state index contributed by atoms with van der Waals surface area (Å²) in [6.45, 7) is 3.51. The van der Waals surface area contributed by atoms with Crippen LogP contribution in [-0.2, 0) is 22.3 Å². The maximum Gasteiger partial charge on any atom is 0.425 e. The number of likely N-dealkylation sites (tertiary alicyclic amines) is 2. The first-order valence-electron chi connectivity index (χ1n) is 12.1. The Labute approximate surface area is 209 Å². The van der Waals surface area contributed by atoms with Gasteiger partial charge in [-0.05, 0) is 49.3 Å². The smallest absolute Gasteiger partial charge is 0.425 e. The molecule has 1 N–H and O–H groups in total. The maximum atomic E-state index is 13.4. The van der Waals surface area contributed by atoms with Gasteiger partial charge in [-0.15, -0.1) is 0 Å². The predicted molar refractivity (Wildman–Crippen MR) is 120 cm³/mol. The van der Waals surface area contributed by atoms with Crippen LogP contribution < -0.4 is 4.90 Å². The van der Waals surface area contributed by atoms with Gasteiger partial charge in [0.15, 0.2) is 6.10 Å². The number of piperidine rings is 1. The first-order chi connectivity index (χ1) is 17.2. The van der Waals surface area contributed by atoms with E-state index in [2.05, 4.69) is 9.64 Å². The van der Waals surface area contributed by atoms with Gasteiger partial charge < -0.3 is 19.6 Å². The van der Waals surface area contributed by atoms with Crippen LogP contribution in [0.3, 0.4) is 0 Å². The third-order valence-electron chi connectivity index (χ3n) is 7.62. The molecule has 37 heavy (non-hydrogen) atoms. The minimum atomic E-state index is -4.62. The zero-order chi connectivity index (χ0) is 27.2. The lowest BCUT2D eigenvalue weighted by Gasteiger charge is -2.54. The van der Waals surface area contributed by atoms with E-state index in [0.29, 0.717) is 56.7 Å². The Bertz CT molecular complexity index is 1010. The third kappa shape index (κ3) is 6.07. The topological polar surface area (TPSA) is 73.3 Å². The maximum absolute atomic E-state index is 13.4. The molecule has 0 aliphatic carbocycles. The van der Waals surface area contributed by atoms with Crippen molar-refractivity contribution in [2.75, 3.05) is 44.2 Å². The van der Waals surface area contributed by atoms with Crippen LogP contribution in [0.25, 0.3) is 0 Å². The van der Waals surface area contributed by atoms with Crippen molar-refractivity contribution < 1.29 is 45.8 Å². The van der Waals surface area contributed by atoms with Crippen molar-refractivity contribution in [2.24, 2.45) is 11.3 Å². The van der Waals surface area contributed by atoms with Gasteiger partial charge in [-0.3, -0.25) is 9.69 Å². The molecule has 2 atom stereocenters. The van der Waals surface area contributed by atoms with Gasteiger partial charge in [-0.2, -0.15) is 26.3 Å². The Morgan fingerprint density at radius 3 is 2.30 bits per heavy atom. The molecule has 13 heteroatoms. The Balaban J connectivity index is 1.36. The lowest BCUT2D eigenvalue weighted by atomic mass is 9.72. The number of carboxylic acids is 1. The monoisotopic (exact) mass is 537 g/mol. The van der Waals surface area contributed by atoms with E-state index in [9.17, 15) is 41.0 Å². The fraction of sp³-hybridized carbons (Fsp3) is 0.667. The first-order valence-corrected chi connectivity index (χ1v) is 12.1. The summed E-state index contributed by atoms with van der Waals surface area (Å²) >= 11 is 0. The molecular formula is C24H29F6N3O4. The molecule has 0 saturated carbocycles. The number of anilines is 1. The van der Waals surface area contributed by atoms with E-state index in [0.717, 1.165) is 19.1 Å². The van der Waals surface area contributed by atoms with Gasteiger partial charge in [0, 0.05) is 51.5 Å². The van der Waals surface area contributed by atoms with Crippen LogP contribution in [0.15, 0.2) is 18.2 Å². The fourth-order valence-electron chi connectivity index (χ4n) is 5.38. The standard InChI is InChI=1S/C24H29F6N3O4/c1-15(23(25,26)27)37-21(36)32-8-5-22(6-9-32)13-31(14-22)11-16-2-3-18(24(28,29)30)10-19(16)33-7-4-17(12-33)20(34)35/h2-3,10,15,17H,4-9,11-14H2,1H3,(H,34,35). The number of carbonyl (C=O) groups excluding carboxylic acids is 1. The summed E-state index contributed by atoms with van der Waals surface area (Å²) in [4.78, 5) is 28.5. The number of nitrogens with zero attached hydrogens (tertiary/aromatic N) is 3. The van der Waals surface area contributed by atoms with Crippen LogP contribution in [0.2, 0.25) is 0 Å². The predicted octanol–water partition coefficient (Wildman–Crippen LogP) is 4.60. The minimum absolute atomic E-state index is 0.111. The van der Waals surface area contributed by atoms with Crippen molar-refractivity contribution in [3.8, 4) is 0 Å². The second kappa shape index (κ2) is 9.88. The van der Waals surface area contributed by atoms with Gasteiger partial charge >= 0.3 is 24.4 Å². The molecule has 2 unspecified atom stereocenters. The zero-order valence-electron chi connectivity index (χ0n) is 20.2. The Morgan fingerprint density at radius 1 is 1.11 bits per heavy atom. The molecule has 0 radical (unpaired) electrons. The normalized spacial score (nSPS) is 23.2. The van der Waals surface area contributed by atoms with Crippen LogP contribution in [0.4, 0.5) is 36.8 Å². The van der Waals surface area contributed by atoms with E-state index in [1.807, 2.05) is 0 Å². The van der Waals surface area contributed by atoms with E-state index in [4.69, 9.17) is 0 Å². The number of halogens is 6. The van der Waals surface area contributed by atoms with Gasteiger partial charge in [0.2, 0.25) is 0 Å². The average Bonchev–Trinajstić information content (AvgIpc) is 3.28. The molecular weight excluding hydrogens is 508 g/mol. The largest absolute Gasteiger partial charge is 0.481 e. The van der Waals surface area contributed by atoms with Crippen LogP contribution in [0, 0.1) is 11.3 Å². The Kier molecular flexibility index (Phi) is 7.30. The molecule has 1 amide bonds. The lowest BCUT2D eigenvalue weighted by Crippen LogP contribution is -2.60. The van der Waals surface area contributed by atoms with Crippen molar-refractivity contribution in [1.82, 2.24) is 9.80 Å². The second-order valence-electron chi connectivity index (χ2n) is 10.3. The number of aliphatic carboxylic acids is 1. The van der Waals surface area contributed by atoms with Crippen molar-refractivity contribution in [2.45, 2.75) is 51.2 Å². The van der Waals surface area contributed by atoms with Crippen LogP contribution in [0.1, 0.15) is 37.3 Å².